The first-order valence-electron chi connectivity index (χ1n) is 9.36. The van der Waals surface area contributed by atoms with E-state index in [1.54, 1.807) is 0 Å². The van der Waals surface area contributed by atoms with E-state index in [0.717, 1.165) is 32.1 Å². The van der Waals surface area contributed by atoms with Crippen LogP contribution in [0.4, 0.5) is 0 Å². The van der Waals surface area contributed by atoms with Crippen LogP contribution in [0.3, 0.4) is 0 Å². The molecule has 2 atom stereocenters. The summed E-state index contributed by atoms with van der Waals surface area (Å²) in [6.45, 7) is 8.56. The second-order valence-electron chi connectivity index (χ2n) is 7.34. The Hall–Kier alpha value is -0.830. The van der Waals surface area contributed by atoms with E-state index in [9.17, 15) is 0 Å². The van der Waals surface area contributed by atoms with Gasteiger partial charge < -0.3 is 15.1 Å². The van der Waals surface area contributed by atoms with Crippen molar-refractivity contribution in [3.63, 3.8) is 0 Å². The molecule has 0 bridgehead atoms. The van der Waals surface area contributed by atoms with Crippen LogP contribution in [0.1, 0.15) is 37.7 Å². The van der Waals surface area contributed by atoms with Gasteiger partial charge in [-0.05, 0) is 51.3 Å². The molecule has 0 spiro atoms. The molecule has 3 rings (SSSR count). The minimum Gasteiger partial charge on any atom is -0.357 e. The van der Waals surface area contributed by atoms with E-state index < -0.39 is 0 Å². The number of aryl methyl sites for hydroxylation is 1. The van der Waals surface area contributed by atoms with Gasteiger partial charge in [0.25, 0.3) is 0 Å². The van der Waals surface area contributed by atoms with Crippen LogP contribution in [0.5, 0.6) is 0 Å². The molecule has 0 aliphatic carbocycles. The number of nitrogens with one attached hydrogen (secondary N) is 1. The summed E-state index contributed by atoms with van der Waals surface area (Å²) in [5, 5.41) is 7.81. The molecule has 0 saturated carbocycles. The number of nitrogens with zero attached hydrogens (tertiary/aromatic N) is 5. The summed E-state index contributed by atoms with van der Waals surface area (Å²) in [5.41, 5.74) is 1.35. The lowest BCUT2D eigenvalue weighted by molar-refractivity contribution is 0.214. The SMILES string of the molecule is CCNC(=NCC1CCCN(C)C1)N1CCC(c2cnn(C)c2)C1.I. The number of halogens is 1. The van der Waals surface area contributed by atoms with Gasteiger partial charge in [0.2, 0.25) is 0 Å². The number of likely N-dealkylation sites (tertiary alicyclic amines) is 2. The molecule has 142 valence electrons. The van der Waals surface area contributed by atoms with E-state index in [0.29, 0.717) is 11.8 Å². The fourth-order valence-electron chi connectivity index (χ4n) is 3.94. The van der Waals surface area contributed by atoms with E-state index in [4.69, 9.17) is 4.99 Å². The Kier molecular flexibility index (Phi) is 7.99. The van der Waals surface area contributed by atoms with Gasteiger partial charge >= 0.3 is 0 Å². The maximum absolute atomic E-state index is 4.97. The van der Waals surface area contributed by atoms with Crippen molar-refractivity contribution in [2.24, 2.45) is 18.0 Å². The number of rotatable bonds is 4. The van der Waals surface area contributed by atoms with Crippen LogP contribution in [-0.2, 0) is 7.05 Å². The van der Waals surface area contributed by atoms with E-state index in [2.05, 4.69) is 40.4 Å². The number of hydrogen-bond donors (Lipinski definition) is 1. The Labute approximate surface area is 169 Å². The van der Waals surface area contributed by atoms with Crippen LogP contribution in [-0.4, -0.2) is 71.9 Å². The largest absolute Gasteiger partial charge is 0.357 e. The van der Waals surface area contributed by atoms with Gasteiger partial charge in [-0.15, -0.1) is 24.0 Å². The standard InChI is InChI=1S/C18H32N6.HI/c1-4-19-18(20-10-15-6-5-8-22(2)12-15)24-9-7-16(14-24)17-11-21-23(3)13-17;/h11,13,15-16H,4-10,12,14H2,1-3H3,(H,19,20);1H. The van der Waals surface area contributed by atoms with Gasteiger partial charge in [-0.1, -0.05) is 0 Å². The number of guanidine groups is 1. The molecule has 1 aromatic rings. The zero-order chi connectivity index (χ0) is 16.9. The summed E-state index contributed by atoms with van der Waals surface area (Å²) < 4.78 is 1.90. The summed E-state index contributed by atoms with van der Waals surface area (Å²) in [6, 6.07) is 0. The molecule has 3 heterocycles. The maximum Gasteiger partial charge on any atom is 0.193 e. The second-order valence-corrected chi connectivity index (χ2v) is 7.34. The molecule has 6 nitrogen and oxygen atoms in total. The molecule has 0 aromatic carbocycles. The Bertz CT molecular complexity index is 558. The van der Waals surface area contributed by atoms with E-state index in [1.165, 1.54) is 37.9 Å². The molecule has 2 fully saturated rings. The first kappa shape index (κ1) is 20.5. The fourth-order valence-corrected chi connectivity index (χ4v) is 3.94. The molecule has 2 saturated heterocycles. The molecular weight excluding hydrogens is 427 g/mol. The highest BCUT2D eigenvalue weighted by atomic mass is 127. The van der Waals surface area contributed by atoms with E-state index in [-0.39, 0.29) is 24.0 Å². The highest BCUT2D eigenvalue weighted by Gasteiger charge is 2.27. The lowest BCUT2D eigenvalue weighted by Gasteiger charge is -2.29. The first-order valence-corrected chi connectivity index (χ1v) is 9.36. The molecule has 2 aliphatic heterocycles. The number of aromatic nitrogens is 2. The van der Waals surface area contributed by atoms with E-state index in [1.807, 2.05) is 17.9 Å². The molecule has 2 unspecified atom stereocenters. The van der Waals surface area contributed by atoms with Crippen LogP contribution >= 0.6 is 24.0 Å². The van der Waals surface area contributed by atoms with Gasteiger partial charge in [0.1, 0.15) is 0 Å². The molecule has 1 N–H and O–H groups in total. The smallest absolute Gasteiger partial charge is 0.193 e. The normalized spacial score (nSPS) is 25.1. The molecule has 0 amide bonds. The van der Waals surface area contributed by atoms with Crippen LogP contribution < -0.4 is 5.32 Å². The Morgan fingerprint density at radius 3 is 2.80 bits per heavy atom. The Balaban J connectivity index is 0.00000225. The minimum absolute atomic E-state index is 0. The fraction of sp³-hybridized carbons (Fsp3) is 0.778. The molecule has 7 heteroatoms. The van der Waals surface area contributed by atoms with Crippen molar-refractivity contribution in [1.82, 2.24) is 24.9 Å². The lowest BCUT2D eigenvalue weighted by Crippen LogP contribution is -2.41. The topological polar surface area (TPSA) is 48.7 Å². The molecule has 0 radical (unpaired) electrons. The quantitative estimate of drug-likeness (QED) is 0.425. The number of piperidine rings is 1. The van der Waals surface area contributed by atoms with Crippen molar-refractivity contribution in [2.75, 3.05) is 46.3 Å². The van der Waals surface area contributed by atoms with Crippen LogP contribution in [0.25, 0.3) is 0 Å². The van der Waals surface area contributed by atoms with Gasteiger partial charge in [0.15, 0.2) is 5.96 Å². The second kappa shape index (κ2) is 9.75. The van der Waals surface area contributed by atoms with Crippen molar-refractivity contribution < 1.29 is 0 Å². The Morgan fingerprint density at radius 2 is 2.12 bits per heavy atom. The summed E-state index contributed by atoms with van der Waals surface area (Å²) in [6.07, 6.45) is 7.96. The molecule has 25 heavy (non-hydrogen) atoms. The van der Waals surface area contributed by atoms with Gasteiger partial charge in [-0.25, -0.2) is 0 Å². The summed E-state index contributed by atoms with van der Waals surface area (Å²) in [4.78, 5) is 9.83. The zero-order valence-corrected chi connectivity index (χ0v) is 18.1. The predicted octanol–water partition coefficient (Wildman–Crippen LogP) is 2.13. The average Bonchev–Trinajstić information content (AvgIpc) is 3.20. The predicted molar refractivity (Wildman–Crippen MR) is 114 cm³/mol. The van der Waals surface area contributed by atoms with E-state index >= 15 is 0 Å². The first-order chi connectivity index (χ1) is 11.7. The van der Waals surface area contributed by atoms with Crippen molar-refractivity contribution >= 4 is 29.9 Å². The van der Waals surface area contributed by atoms with Crippen molar-refractivity contribution in [3.05, 3.63) is 18.0 Å². The third kappa shape index (κ3) is 5.57. The van der Waals surface area contributed by atoms with Crippen molar-refractivity contribution in [1.29, 1.82) is 0 Å². The van der Waals surface area contributed by atoms with Crippen LogP contribution in [0, 0.1) is 5.92 Å². The third-order valence-electron chi connectivity index (χ3n) is 5.24. The lowest BCUT2D eigenvalue weighted by atomic mass is 9.99. The van der Waals surface area contributed by atoms with Gasteiger partial charge in [0.05, 0.1) is 6.20 Å². The van der Waals surface area contributed by atoms with Gasteiger partial charge in [-0.3, -0.25) is 9.67 Å². The Morgan fingerprint density at radius 1 is 1.28 bits per heavy atom. The van der Waals surface area contributed by atoms with Crippen molar-refractivity contribution in [2.45, 2.75) is 32.1 Å². The minimum atomic E-state index is 0. The van der Waals surface area contributed by atoms with Gasteiger partial charge in [0, 0.05) is 51.9 Å². The summed E-state index contributed by atoms with van der Waals surface area (Å²) >= 11 is 0. The summed E-state index contributed by atoms with van der Waals surface area (Å²) in [7, 11) is 4.21. The average molecular weight is 460 g/mol. The maximum atomic E-state index is 4.97. The summed E-state index contributed by atoms with van der Waals surface area (Å²) in [5.74, 6) is 2.37. The highest BCUT2D eigenvalue weighted by molar-refractivity contribution is 14.0. The van der Waals surface area contributed by atoms with Gasteiger partial charge in [-0.2, -0.15) is 5.10 Å². The monoisotopic (exact) mass is 460 g/mol. The number of aliphatic imine (C=N–C) groups is 1. The zero-order valence-electron chi connectivity index (χ0n) is 15.8. The van der Waals surface area contributed by atoms with Crippen LogP contribution in [0.15, 0.2) is 17.4 Å². The molecule has 1 aromatic heterocycles. The molecule has 2 aliphatic rings. The third-order valence-corrected chi connectivity index (χ3v) is 5.24. The van der Waals surface area contributed by atoms with Crippen molar-refractivity contribution in [3.8, 4) is 0 Å². The molecular formula is C18H33IN6. The highest BCUT2D eigenvalue weighted by Crippen LogP contribution is 2.26. The van der Waals surface area contributed by atoms with Crippen LogP contribution in [0.2, 0.25) is 0 Å². The number of hydrogen-bond acceptors (Lipinski definition) is 3.